The van der Waals surface area contributed by atoms with Crippen molar-refractivity contribution >= 4 is 0 Å². The van der Waals surface area contributed by atoms with E-state index in [9.17, 15) is 0 Å². The van der Waals surface area contributed by atoms with Gasteiger partial charge < -0.3 is 5.73 Å². The van der Waals surface area contributed by atoms with Gasteiger partial charge in [0.05, 0.1) is 0 Å². The first-order chi connectivity index (χ1) is 9.08. The Morgan fingerprint density at radius 3 is 2.37 bits per heavy atom. The van der Waals surface area contributed by atoms with Gasteiger partial charge in [-0.05, 0) is 42.6 Å². The Labute approximate surface area is 118 Å². The SMILES string of the molecule is CCCC(N)(c1ccccc1)C1CCC(C)C(C)C1. The van der Waals surface area contributed by atoms with E-state index in [1.54, 1.807) is 0 Å². The van der Waals surface area contributed by atoms with Crippen LogP contribution >= 0.6 is 0 Å². The summed E-state index contributed by atoms with van der Waals surface area (Å²) in [6.45, 7) is 7.04. The smallest absolute Gasteiger partial charge is 0.0438 e. The monoisotopic (exact) mass is 259 g/mol. The summed E-state index contributed by atoms with van der Waals surface area (Å²) < 4.78 is 0. The van der Waals surface area contributed by atoms with E-state index in [1.807, 2.05) is 0 Å². The van der Waals surface area contributed by atoms with Crippen molar-refractivity contribution in [3.05, 3.63) is 35.9 Å². The molecular formula is C18H29N. The van der Waals surface area contributed by atoms with Gasteiger partial charge in [-0.3, -0.25) is 0 Å². The Kier molecular flexibility index (Phi) is 4.67. The minimum atomic E-state index is -0.121. The molecule has 1 heteroatoms. The first kappa shape index (κ1) is 14.6. The van der Waals surface area contributed by atoms with E-state index >= 15 is 0 Å². The normalized spacial score (nSPS) is 30.8. The fourth-order valence-electron chi connectivity index (χ4n) is 3.76. The van der Waals surface area contributed by atoms with Crippen molar-refractivity contribution in [2.24, 2.45) is 23.5 Å². The lowest BCUT2D eigenvalue weighted by Crippen LogP contribution is -2.46. The van der Waals surface area contributed by atoms with E-state index in [0.717, 1.165) is 24.7 Å². The molecule has 4 atom stereocenters. The topological polar surface area (TPSA) is 26.0 Å². The standard InChI is InChI=1S/C18H29N/c1-4-12-18(19,16-8-6-5-7-9-16)17-11-10-14(2)15(3)13-17/h5-9,14-15,17H,4,10-13,19H2,1-3H3. The fourth-order valence-corrected chi connectivity index (χ4v) is 3.76. The number of nitrogens with two attached hydrogens (primary N) is 1. The van der Waals surface area contributed by atoms with E-state index in [4.69, 9.17) is 5.73 Å². The van der Waals surface area contributed by atoms with Crippen molar-refractivity contribution < 1.29 is 0 Å². The van der Waals surface area contributed by atoms with E-state index in [1.165, 1.54) is 24.8 Å². The largest absolute Gasteiger partial charge is 0.321 e. The predicted octanol–water partition coefficient (Wildman–Crippen LogP) is 4.71. The van der Waals surface area contributed by atoms with Crippen LogP contribution in [0.3, 0.4) is 0 Å². The zero-order chi connectivity index (χ0) is 13.9. The van der Waals surface area contributed by atoms with Gasteiger partial charge in [0.2, 0.25) is 0 Å². The van der Waals surface area contributed by atoms with Crippen molar-refractivity contribution in [2.45, 2.75) is 58.4 Å². The van der Waals surface area contributed by atoms with Gasteiger partial charge in [-0.1, -0.05) is 63.9 Å². The Hall–Kier alpha value is -0.820. The van der Waals surface area contributed by atoms with Crippen LogP contribution in [0.1, 0.15) is 58.4 Å². The number of hydrogen-bond donors (Lipinski definition) is 1. The Morgan fingerprint density at radius 1 is 1.11 bits per heavy atom. The van der Waals surface area contributed by atoms with Gasteiger partial charge in [0, 0.05) is 5.54 Å². The lowest BCUT2D eigenvalue weighted by atomic mass is 9.65. The molecule has 0 bridgehead atoms. The maximum atomic E-state index is 6.91. The molecule has 1 saturated carbocycles. The molecule has 0 aliphatic heterocycles. The Balaban J connectivity index is 2.24. The van der Waals surface area contributed by atoms with Gasteiger partial charge in [0.1, 0.15) is 0 Å². The summed E-state index contributed by atoms with van der Waals surface area (Å²) in [6, 6.07) is 10.8. The molecule has 4 unspecified atom stereocenters. The molecule has 106 valence electrons. The Bertz CT molecular complexity index is 386. The third-order valence-corrected chi connectivity index (χ3v) is 5.30. The highest BCUT2D eigenvalue weighted by atomic mass is 14.8. The molecule has 1 aromatic rings. The van der Waals surface area contributed by atoms with Crippen LogP contribution in [0.15, 0.2) is 30.3 Å². The molecule has 0 saturated heterocycles. The van der Waals surface area contributed by atoms with Crippen molar-refractivity contribution in [3.8, 4) is 0 Å². The fraction of sp³-hybridized carbons (Fsp3) is 0.667. The second-order valence-electron chi connectivity index (χ2n) is 6.62. The van der Waals surface area contributed by atoms with Gasteiger partial charge in [0.25, 0.3) is 0 Å². The van der Waals surface area contributed by atoms with Crippen molar-refractivity contribution in [1.82, 2.24) is 0 Å². The summed E-state index contributed by atoms with van der Waals surface area (Å²) in [4.78, 5) is 0. The summed E-state index contributed by atoms with van der Waals surface area (Å²) >= 11 is 0. The second kappa shape index (κ2) is 6.09. The molecule has 19 heavy (non-hydrogen) atoms. The van der Waals surface area contributed by atoms with E-state index in [2.05, 4.69) is 51.1 Å². The molecule has 1 aliphatic carbocycles. The highest BCUT2D eigenvalue weighted by Gasteiger charge is 2.39. The van der Waals surface area contributed by atoms with Crippen LogP contribution < -0.4 is 5.73 Å². The average Bonchev–Trinajstić information content (AvgIpc) is 2.43. The van der Waals surface area contributed by atoms with Crippen LogP contribution in [0, 0.1) is 17.8 Å². The molecule has 2 N–H and O–H groups in total. The van der Waals surface area contributed by atoms with Crippen molar-refractivity contribution in [2.75, 3.05) is 0 Å². The zero-order valence-corrected chi connectivity index (χ0v) is 12.7. The van der Waals surface area contributed by atoms with Crippen LogP contribution in [0.25, 0.3) is 0 Å². The molecule has 0 amide bonds. The molecule has 0 spiro atoms. The van der Waals surface area contributed by atoms with Crippen LogP contribution in [-0.4, -0.2) is 0 Å². The predicted molar refractivity (Wildman–Crippen MR) is 82.9 cm³/mol. The molecule has 1 aromatic carbocycles. The molecule has 1 aliphatic rings. The third kappa shape index (κ3) is 3.02. The summed E-state index contributed by atoms with van der Waals surface area (Å²) in [5, 5.41) is 0. The van der Waals surface area contributed by atoms with Crippen LogP contribution in [0.4, 0.5) is 0 Å². The maximum Gasteiger partial charge on any atom is 0.0438 e. The van der Waals surface area contributed by atoms with Crippen LogP contribution in [0.2, 0.25) is 0 Å². The quantitative estimate of drug-likeness (QED) is 0.832. The van der Waals surface area contributed by atoms with Gasteiger partial charge >= 0.3 is 0 Å². The van der Waals surface area contributed by atoms with E-state index in [0.29, 0.717) is 5.92 Å². The van der Waals surface area contributed by atoms with E-state index in [-0.39, 0.29) is 5.54 Å². The summed E-state index contributed by atoms with van der Waals surface area (Å²) in [6.07, 6.45) is 6.17. The maximum absolute atomic E-state index is 6.91. The minimum Gasteiger partial charge on any atom is -0.321 e. The highest BCUT2D eigenvalue weighted by Crippen LogP contribution is 2.44. The van der Waals surface area contributed by atoms with Crippen LogP contribution in [0.5, 0.6) is 0 Å². The number of rotatable bonds is 4. The first-order valence-electron chi connectivity index (χ1n) is 7.92. The van der Waals surface area contributed by atoms with Crippen LogP contribution in [-0.2, 0) is 5.54 Å². The zero-order valence-electron chi connectivity index (χ0n) is 12.7. The molecule has 1 nitrogen and oxygen atoms in total. The van der Waals surface area contributed by atoms with Crippen molar-refractivity contribution in [1.29, 1.82) is 0 Å². The highest BCUT2D eigenvalue weighted by molar-refractivity contribution is 5.25. The van der Waals surface area contributed by atoms with E-state index < -0.39 is 0 Å². The molecule has 2 rings (SSSR count). The van der Waals surface area contributed by atoms with Gasteiger partial charge in [-0.15, -0.1) is 0 Å². The summed E-state index contributed by atoms with van der Waals surface area (Å²) in [7, 11) is 0. The number of benzene rings is 1. The molecule has 1 fully saturated rings. The summed E-state index contributed by atoms with van der Waals surface area (Å²) in [5.74, 6) is 2.31. The summed E-state index contributed by atoms with van der Waals surface area (Å²) in [5.41, 5.74) is 8.13. The third-order valence-electron chi connectivity index (χ3n) is 5.30. The van der Waals surface area contributed by atoms with Gasteiger partial charge in [-0.25, -0.2) is 0 Å². The molecule has 0 aromatic heterocycles. The van der Waals surface area contributed by atoms with Gasteiger partial charge in [0.15, 0.2) is 0 Å². The first-order valence-corrected chi connectivity index (χ1v) is 7.92. The lowest BCUT2D eigenvalue weighted by molar-refractivity contribution is 0.125. The molecule has 0 radical (unpaired) electrons. The second-order valence-corrected chi connectivity index (χ2v) is 6.62. The molecule has 0 heterocycles. The van der Waals surface area contributed by atoms with Gasteiger partial charge in [-0.2, -0.15) is 0 Å². The Morgan fingerprint density at radius 2 is 1.79 bits per heavy atom. The molecular weight excluding hydrogens is 230 g/mol. The lowest BCUT2D eigenvalue weighted by Gasteiger charge is -2.44. The minimum absolute atomic E-state index is 0.121. The number of hydrogen-bond acceptors (Lipinski definition) is 1. The average molecular weight is 259 g/mol. The van der Waals surface area contributed by atoms with Crippen molar-refractivity contribution in [3.63, 3.8) is 0 Å².